The van der Waals surface area contributed by atoms with Crippen molar-refractivity contribution >= 4 is 19.8 Å². The fourth-order valence-corrected chi connectivity index (χ4v) is 5.79. The number of rotatable bonds is 34. The van der Waals surface area contributed by atoms with Gasteiger partial charge >= 0.3 is 19.8 Å². The molecule has 0 aliphatic carbocycles. The summed E-state index contributed by atoms with van der Waals surface area (Å²) in [5, 5.41) is 9.60. The minimum atomic E-state index is -4.49. The minimum absolute atomic E-state index is 0.218. The first kappa shape index (κ1) is 44.0. The maximum atomic E-state index is 12.5. The molecule has 45 heavy (non-hydrogen) atoms. The number of hydrogen-bond acceptors (Lipinski definition) is 8. The molecule has 2 N–H and O–H groups in total. The van der Waals surface area contributed by atoms with Gasteiger partial charge in [0.2, 0.25) is 0 Å². The number of phosphoric ester groups is 1. The zero-order valence-electron chi connectivity index (χ0n) is 29.2. The lowest BCUT2D eigenvalue weighted by atomic mass is 10.1. The molecule has 268 valence electrons. The lowest BCUT2D eigenvalue weighted by Crippen LogP contribution is -2.29. The first-order valence-electron chi connectivity index (χ1n) is 18.4. The predicted octanol–water partition coefficient (Wildman–Crippen LogP) is 9.75. The lowest BCUT2D eigenvalue weighted by molar-refractivity contribution is -0.161. The van der Waals surface area contributed by atoms with Gasteiger partial charge in [-0.05, 0) is 19.3 Å². The average molecular weight is 665 g/mol. The lowest BCUT2D eigenvalue weighted by Gasteiger charge is -2.20. The quantitative estimate of drug-likeness (QED) is 0.0392. The van der Waals surface area contributed by atoms with Crippen molar-refractivity contribution in [2.24, 2.45) is 0 Å². The topological polar surface area (TPSA) is 129 Å². The molecule has 0 rings (SSSR count). The van der Waals surface area contributed by atoms with Crippen LogP contribution in [0.2, 0.25) is 0 Å². The van der Waals surface area contributed by atoms with Crippen LogP contribution in [0.1, 0.15) is 181 Å². The van der Waals surface area contributed by atoms with Gasteiger partial charge in [-0.15, -0.1) is 0 Å². The molecule has 0 amide bonds. The minimum Gasteiger partial charge on any atom is -0.462 e. The molecule has 3 atom stereocenters. The van der Waals surface area contributed by atoms with Crippen LogP contribution in [-0.2, 0) is 32.7 Å². The molecular formula is C35H69O9P. The third-order valence-electron chi connectivity index (χ3n) is 8.02. The molecule has 0 aliphatic rings. The number of aliphatic hydroxyl groups excluding tert-OH is 1. The summed E-state index contributed by atoms with van der Waals surface area (Å²) >= 11 is 0. The van der Waals surface area contributed by atoms with E-state index >= 15 is 0 Å². The number of unbranched alkanes of at least 4 members (excludes halogenated alkanes) is 20. The van der Waals surface area contributed by atoms with Crippen LogP contribution in [0.3, 0.4) is 0 Å². The van der Waals surface area contributed by atoms with Crippen LogP contribution < -0.4 is 0 Å². The predicted molar refractivity (Wildman–Crippen MR) is 181 cm³/mol. The second-order valence-corrected chi connectivity index (χ2v) is 13.9. The molecule has 0 aliphatic heterocycles. The van der Waals surface area contributed by atoms with E-state index in [4.69, 9.17) is 18.5 Å². The van der Waals surface area contributed by atoms with E-state index < -0.39 is 38.6 Å². The van der Waals surface area contributed by atoms with Crippen molar-refractivity contribution in [3.05, 3.63) is 0 Å². The molecule has 0 saturated carbocycles. The number of aliphatic hydroxyl groups is 1. The van der Waals surface area contributed by atoms with E-state index in [-0.39, 0.29) is 26.1 Å². The Bertz CT molecular complexity index is 734. The van der Waals surface area contributed by atoms with Gasteiger partial charge in [-0.1, -0.05) is 149 Å². The number of phosphoric acid groups is 1. The molecule has 3 unspecified atom stereocenters. The zero-order valence-corrected chi connectivity index (χ0v) is 30.0. The van der Waals surface area contributed by atoms with Crippen molar-refractivity contribution in [3.63, 3.8) is 0 Å². The third kappa shape index (κ3) is 31.4. The van der Waals surface area contributed by atoms with Crippen LogP contribution >= 0.6 is 7.82 Å². The highest BCUT2D eigenvalue weighted by molar-refractivity contribution is 7.47. The van der Waals surface area contributed by atoms with Gasteiger partial charge in [0, 0.05) is 12.8 Å². The van der Waals surface area contributed by atoms with E-state index in [2.05, 4.69) is 13.8 Å². The van der Waals surface area contributed by atoms with Gasteiger partial charge in [-0.25, -0.2) is 4.57 Å². The Balaban J connectivity index is 4.39. The largest absolute Gasteiger partial charge is 0.472 e. The Labute approximate surface area is 275 Å². The number of ether oxygens (including phenoxy) is 2. The van der Waals surface area contributed by atoms with E-state index in [1.165, 1.54) is 96.3 Å². The first-order valence-corrected chi connectivity index (χ1v) is 19.9. The van der Waals surface area contributed by atoms with Crippen molar-refractivity contribution in [3.8, 4) is 0 Å². The summed E-state index contributed by atoms with van der Waals surface area (Å²) in [5.74, 6) is -0.858. The summed E-state index contributed by atoms with van der Waals surface area (Å²) in [6, 6.07) is 0. The van der Waals surface area contributed by atoms with Crippen LogP contribution in [0.5, 0.6) is 0 Å². The van der Waals surface area contributed by atoms with E-state index in [9.17, 15) is 24.2 Å². The first-order chi connectivity index (χ1) is 21.7. The van der Waals surface area contributed by atoms with Gasteiger partial charge in [0.25, 0.3) is 0 Å². The summed E-state index contributed by atoms with van der Waals surface area (Å²) in [6.45, 7) is 5.08. The molecule has 0 bridgehead atoms. The highest BCUT2D eigenvalue weighted by atomic mass is 31.2. The maximum Gasteiger partial charge on any atom is 0.472 e. The maximum absolute atomic E-state index is 12.5. The summed E-state index contributed by atoms with van der Waals surface area (Å²) in [5.41, 5.74) is 0. The SMILES string of the molecule is CCCCCCCCCCCCCC(=O)OCC(COP(=O)(O)OCC(O)CC)OC(=O)CCCCCCCCCCCCC. The summed E-state index contributed by atoms with van der Waals surface area (Å²) in [7, 11) is -4.49. The molecule has 0 aromatic rings. The Morgan fingerprint density at radius 3 is 1.36 bits per heavy atom. The second kappa shape index (κ2) is 31.6. The normalized spacial score (nSPS) is 14.2. The molecule has 0 aromatic heterocycles. The molecule has 0 fully saturated rings. The van der Waals surface area contributed by atoms with Crippen molar-refractivity contribution in [1.29, 1.82) is 0 Å². The van der Waals surface area contributed by atoms with E-state index in [1.54, 1.807) is 6.92 Å². The molecule has 0 radical (unpaired) electrons. The van der Waals surface area contributed by atoms with Crippen molar-refractivity contribution < 1.29 is 42.7 Å². The highest BCUT2D eigenvalue weighted by Gasteiger charge is 2.27. The van der Waals surface area contributed by atoms with Gasteiger partial charge in [-0.3, -0.25) is 18.6 Å². The molecule has 0 aromatic carbocycles. The third-order valence-corrected chi connectivity index (χ3v) is 8.97. The number of carbonyl (C=O) groups excluding carboxylic acids is 2. The Hall–Kier alpha value is -0.990. The smallest absolute Gasteiger partial charge is 0.462 e. The van der Waals surface area contributed by atoms with Crippen molar-refractivity contribution in [1.82, 2.24) is 0 Å². The van der Waals surface area contributed by atoms with Crippen LogP contribution in [0, 0.1) is 0 Å². The van der Waals surface area contributed by atoms with Crippen LogP contribution in [0.15, 0.2) is 0 Å². The molecule has 0 spiro atoms. The Morgan fingerprint density at radius 1 is 0.556 bits per heavy atom. The fraction of sp³-hybridized carbons (Fsp3) is 0.943. The summed E-state index contributed by atoms with van der Waals surface area (Å²) in [6.07, 6.45) is 24.8. The van der Waals surface area contributed by atoms with Crippen LogP contribution in [0.4, 0.5) is 0 Å². The summed E-state index contributed by atoms with van der Waals surface area (Å²) < 4.78 is 32.9. The van der Waals surface area contributed by atoms with Crippen LogP contribution in [0.25, 0.3) is 0 Å². The number of carbonyl (C=O) groups is 2. The highest BCUT2D eigenvalue weighted by Crippen LogP contribution is 2.43. The molecular weight excluding hydrogens is 595 g/mol. The average Bonchev–Trinajstić information content (AvgIpc) is 3.02. The monoisotopic (exact) mass is 664 g/mol. The van der Waals surface area contributed by atoms with Gasteiger partial charge in [-0.2, -0.15) is 0 Å². The van der Waals surface area contributed by atoms with Gasteiger partial charge in [0.1, 0.15) is 6.61 Å². The van der Waals surface area contributed by atoms with E-state index in [0.717, 1.165) is 38.5 Å². The molecule has 10 heteroatoms. The standard InChI is InChI=1S/C35H69O9P/c1-4-7-9-11-13-15-17-19-21-23-25-27-34(37)41-30-33(31-43-45(39,40)42-29-32(36)6-3)44-35(38)28-26-24-22-20-18-16-14-12-10-8-5-2/h32-33,36H,4-31H2,1-3H3,(H,39,40). The Morgan fingerprint density at radius 2 is 0.933 bits per heavy atom. The van der Waals surface area contributed by atoms with Crippen molar-refractivity contribution in [2.75, 3.05) is 19.8 Å². The summed E-state index contributed by atoms with van der Waals surface area (Å²) in [4.78, 5) is 34.8. The Kier molecular flexibility index (Phi) is 30.9. The second-order valence-electron chi connectivity index (χ2n) is 12.5. The molecule has 0 saturated heterocycles. The van der Waals surface area contributed by atoms with Gasteiger partial charge in [0.15, 0.2) is 6.10 Å². The number of hydrogen-bond donors (Lipinski definition) is 2. The molecule has 9 nitrogen and oxygen atoms in total. The van der Waals surface area contributed by atoms with Gasteiger partial charge < -0.3 is 19.5 Å². The molecule has 0 heterocycles. The van der Waals surface area contributed by atoms with Crippen LogP contribution in [-0.4, -0.2) is 54.0 Å². The fourth-order valence-electron chi connectivity index (χ4n) is 5.00. The van der Waals surface area contributed by atoms with E-state index in [0.29, 0.717) is 12.8 Å². The van der Waals surface area contributed by atoms with Gasteiger partial charge in [0.05, 0.1) is 19.3 Å². The van der Waals surface area contributed by atoms with E-state index in [1.807, 2.05) is 0 Å². The zero-order chi connectivity index (χ0) is 33.4. The number of esters is 2. The van der Waals surface area contributed by atoms with Crippen molar-refractivity contribution in [2.45, 2.75) is 193 Å².